The Morgan fingerprint density at radius 1 is 1.42 bits per heavy atom. The van der Waals surface area contributed by atoms with Crippen LogP contribution in [-0.2, 0) is 6.54 Å². The van der Waals surface area contributed by atoms with Crippen molar-refractivity contribution in [1.82, 2.24) is 14.8 Å². The zero-order valence-electron chi connectivity index (χ0n) is 10.6. The summed E-state index contributed by atoms with van der Waals surface area (Å²) in [6.07, 6.45) is -0.654. The fourth-order valence-corrected chi connectivity index (χ4v) is 2.40. The van der Waals surface area contributed by atoms with Crippen LogP contribution in [0, 0.1) is 0 Å². The highest BCUT2D eigenvalue weighted by molar-refractivity contribution is 5.58. The number of alkyl halides is 1. The van der Waals surface area contributed by atoms with E-state index >= 15 is 0 Å². The van der Waals surface area contributed by atoms with Crippen LogP contribution in [0.4, 0.5) is 4.39 Å². The van der Waals surface area contributed by atoms with Crippen LogP contribution in [-0.4, -0.2) is 28.0 Å². The van der Waals surface area contributed by atoms with Crippen LogP contribution in [0.2, 0.25) is 0 Å². The van der Waals surface area contributed by atoms with Gasteiger partial charge in [-0.25, -0.2) is 4.39 Å². The molecule has 2 heterocycles. The predicted molar refractivity (Wildman–Crippen MR) is 68.5 cm³/mol. The summed E-state index contributed by atoms with van der Waals surface area (Å²) in [7, 11) is 1.60. The molecule has 3 rings (SSSR count). The van der Waals surface area contributed by atoms with E-state index in [-0.39, 0.29) is 6.54 Å². The van der Waals surface area contributed by atoms with Crippen LogP contribution in [0.5, 0.6) is 5.75 Å². The number of nitrogens with zero attached hydrogens (tertiary/aromatic N) is 3. The summed E-state index contributed by atoms with van der Waals surface area (Å²) in [4.78, 5) is 0. The number of hydrogen-bond acceptors (Lipinski definition) is 4. The van der Waals surface area contributed by atoms with E-state index in [0.717, 1.165) is 11.3 Å². The van der Waals surface area contributed by atoms with Crippen LogP contribution in [0.3, 0.4) is 0 Å². The van der Waals surface area contributed by atoms with Crippen molar-refractivity contribution in [3.8, 4) is 17.1 Å². The normalized spacial score (nSPS) is 22.1. The second-order valence-corrected chi connectivity index (χ2v) is 4.66. The predicted octanol–water partition coefficient (Wildman–Crippen LogP) is 1.70. The van der Waals surface area contributed by atoms with Crippen molar-refractivity contribution in [3.05, 3.63) is 30.1 Å². The molecule has 1 aromatic carbocycles. The van der Waals surface area contributed by atoms with Crippen molar-refractivity contribution in [2.24, 2.45) is 5.73 Å². The van der Waals surface area contributed by atoms with E-state index < -0.39 is 12.2 Å². The minimum Gasteiger partial charge on any atom is -0.497 e. The third-order valence-corrected chi connectivity index (χ3v) is 3.33. The number of rotatable bonds is 2. The molecule has 0 amide bonds. The van der Waals surface area contributed by atoms with Gasteiger partial charge >= 0.3 is 0 Å². The van der Waals surface area contributed by atoms with Gasteiger partial charge < -0.3 is 15.0 Å². The van der Waals surface area contributed by atoms with Gasteiger partial charge in [0, 0.05) is 12.0 Å². The zero-order chi connectivity index (χ0) is 13.4. The van der Waals surface area contributed by atoms with Gasteiger partial charge in [-0.15, -0.1) is 10.2 Å². The van der Waals surface area contributed by atoms with E-state index in [1.165, 1.54) is 0 Å². The van der Waals surface area contributed by atoms with Crippen LogP contribution in [0.15, 0.2) is 24.3 Å². The highest BCUT2D eigenvalue weighted by atomic mass is 19.1. The molecule has 0 saturated heterocycles. The summed E-state index contributed by atoms with van der Waals surface area (Å²) in [6, 6.07) is 7.07. The smallest absolute Gasteiger partial charge is 0.164 e. The maximum absolute atomic E-state index is 13.7. The summed E-state index contributed by atoms with van der Waals surface area (Å²) in [5.74, 6) is 2.00. The Balaban J connectivity index is 2.06. The highest BCUT2D eigenvalue weighted by Gasteiger charge is 2.28. The first-order chi connectivity index (χ1) is 9.19. The Morgan fingerprint density at radius 2 is 2.26 bits per heavy atom. The number of methoxy groups -OCH3 is 1. The number of aromatic nitrogens is 3. The van der Waals surface area contributed by atoms with Crippen molar-refractivity contribution in [2.45, 2.75) is 25.2 Å². The van der Waals surface area contributed by atoms with Gasteiger partial charge in [-0.1, -0.05) is 12.1 Å². The number of hydrogen-bond donors (Lipinski definition) is 1. The molecule has 2 unspecified atom stereocenters. The molecule has 5 nitrogen and oxygen atoms in total. The van der Waals surface area contributed by atoms with Gasteiger partial charge in [0.05, 0.1) is 19.7 Å². The van der Waals surface area contributed by atoms with Gasteiger partial charge in [0.2, 0.25) is 0 Å². The van der Waals surface area contributed by atoms with E-state index in [9.17, 15) is 4.39 Å². The molecule has 1 aliphatic heterocycles. The largest absolute Gasteiger partial charge is 0.497 e. The fraction of sp³-hybridized carbons (Fsp3) is 0.385. The molecule has 2 atom stereocenters. The number of ether oxygens (including phenoxy) is 1. The number of halogens is 1. The summed E-state index contributed by atoms with van der Waals surface area (Å²) >= 11 is 0. The molecule has 0 aliphatic carbocycles. The topological polar surface area (TPSA) is 66.0 Å². The average Bonchev–Trinajstić information content (AvgIpc) is 2.82. The van der Waals surface area contributed by atoms with Crippen LogP contribution >= 0.6 is 0 Å². The van der Waals surface area contributed by atoms with Gasteiger partial charge in [0.25, 0.3) is 0 Å². The van der Waals surface area contributed by atoms with Crippen LogP contribution < -0.4 is 10.5 Å². The third-order valence-electron chi connectivity index (χ3n) is 3.33. The van der Waals surface area contributed by atoms with Crippen molar-refractivity contribution in [2.75, 3.05) is 7.11 Å². The molecule has 2 aromatic rings. The molecule has 0 saturated carbocycles. The molecule has 6 heteroatoms. The first-order valence-corrected chi connectivity index (χ1v) is 6.16. The minimum atomic E-state index is -0.956. The molecule has 0 fully saturated rings. The summed E-state index contributed by atoms with van der Waals surface area (Å²) in [5, 5.41) is 8.22. The average molecular weight is 262 g/mol. The molecule has 0 bridgehead atoms. The van der Waals surface area contributed by atoms with Gasteiger partial charge in [-0.2, -0.15) is 0 Å². The first kappa shape index (κ1) is 12.1. The Labute approximate surface area is 110 Å². The lowest BCUT2D eigenvalue weighted by molar-refractivity contribution is 0.231. The Morgan fingerprint density at radius 3 is 3.05 bits per heavy atom. The van der Waals surface area contributed by atoms with E-state index in [1.807, 2.05) is 24.3 Å². The van der Waals surface area contributed by atoms with E-state index in [4.69, 9.17) is 10.5 Å². The lowest BCUT2D eigenvalue weighted by atomic mass is 10.1. The molecule has 0 spiro atoms. The van der Waals surface area contributed by atoms with E-state index in [1.54, 1.807) is 11.7 Å². The van der Waals surface area contributed by atoms with Gasteiger partial charge in [-0.3, -0.25) is 0 Å². The molecule has 0 radical (unpaired) electrons. The van der Waals surface area contributed by atoms with E-state index in [0.29, 0.717) is 18.1 Å². The SMILES string of the molecule is COc1cccc(-c2nnc3n2CC(F)CC3N)c1. The molecular weight excluding hydrogens is 247 g/mol. The maximum atomic E-state index is 13.7. The Kier molecular flexibility index (Phi) is 2.94. The monoisotopic (exact) mass is 262 g/mol. The quantitative estimate of drug-likeness (QED) is 0.894. The van der Waals surface area contributed by atoms with Gasteiger partial charge in [0.1, 0.15) is 17.7 Å². The van der Waals surface area contributed by atoms with Crippen LogP contribution in [0.1, 0.15) is 18.3 Å². The van der Waals surface area contributed by atoms with Crippen molar-refractivity contribution in [1.29, 1.82) is 0 Å². The molecular formula is C13H15FN4O. The first-order valence-electron chi connectivity index (χ1n) is 6.16. The standard InChI is InChI=1S/C13H15FN4O/c1-19-10-4-2-3-8(5-10)12-16-17-13-11(15)6-9(14)7-18(12)13/h2-5,9,11H,6-7,15H2,1H3. The summed E-state index contributed by atoms with van der Waals surface area (Å²) < 4.78 is 20.6. The second kappa shape index (κ2) is 4.62. The molecule has 1 aromatic heterocycles. The number of fused-ring (bicyclic) bond motifs is 1. The Hall–Kier alpha value is -1.95. The molecule has 2 N–H and O–H groups in total. The number of benzene rings is 1. The third kappa shape index (κ3) is 2.08. The van der Waals surface area contributed by atoms with Crippen molar-refractivity contribution in [3.63, 3.8) is 0 Å². The summed E-state index contributed by atoms with van der Waals surface area (Å²) in [5.41, 5.74) is 6.74. The number of nitrogens with two attached hydrogens (primary N) is 1. The molecule has 100 valence electrons. The van der Waals surface area contributed by atoms with Crippen molar-refractivity contribution >= 4 is 0 Å². The van der Waals surface area contributed by atoms with E-state index in [2.05, 4.69) is 10.2 Å². The van der Waals surface area contributed by atoms with Gasteiger partial charge in [0.15, 0.2) is 5.82 Å². The molecule has 1 aliphatic rings. The van der Waals surface area contributed by atoms with Gasteiger partial charge in [-0.05, 0) is 12.1 Å². The highest BCUT2D eigenvalue weighted by Crippen LogP contribution is 2.29. The lowest BCUT2D eigenvalue weighted by Crippen LogP contribution is -2.29. The lowest BCUT2D eigenvalue weighted by Gasteiger charge is -2.23. The zero-order valence-corrected chi connectivity index (χ0v) is 10.6. The van der Waals surface area contributed by atoms with Crippen LogP contribution in [0.25, 0.3) is 11.4 Å². The minimum absolute atomic E-state index is 0.253. The maximum Gasteiger partial charge on any atom is 0.164 e. The molecule has 19 heavy (non-hydrogen) atoms. The summed E-state index contributed by atoms with van der Waals surface area (Å²) in [6.45, 7) is 0.253. The second-order valence-electron chi connectivity index (χ2n) is 4.66. The Bertz CT molecular complexity index is 598. The fourth-order valence-electron chi connectivity index (χ4n) is 2.40. The van der Waals surface area contributed by atoms with Crippen molar-refractivity contribution < 1.29 is 9.13 Å².